The van der Waals surface area contributed by atoms with Crippen LogP contribution in [0.2, 0.25) is 5.02 Å². The van der Waals surface area contributed by atoms with Gasteiger partial charge in [-0.05, 0) is 42.7 Å². The molecule has 2 aromatic carbocycles. The summed E-state index contributed by atoms with van der Waals surface area (Å²) >= 11 is 6.04. The molecule has 4 nitrogen and oxygen atoms in total. The van der Waals surface area contributed by atoms with E-state index in [1.165, 1.54) is 0 Å². The molecule has 0 saturated carbocycles. The lowest BCUT2D eigenvalue weighted by atomic mass is 9.99. The van der Waals surface area contributed by atoms with Crippen molar-refractivity contribution < 1.29 is 9.53 Å². The van der Waals surface area contributed by atoms with Gasteiger partial charge in [0.1, 0.15) is 5.75 Å². The molecule has 1 aliphatic rings. The van der Waals surface area contributed by atoms with Gasteiger partial charge in [-0.15, -0.1) is 0 Å². The number of benzene rings is 2. The second kappa shape index (κ2) is 6.92. The standard InChI is InChI=1S/C18H19ClN2O2/c19-14-6-1-2-9-17(14)23-12-10-18(22)21-11-4-5-13-15(20)7-3-8-16(13)21/h1-3,6-9H,4-5,10-12,20H2. The summed E-state index contributed by atoms with van der Waals surface area (Å²) in [5.41, 5.74) is 8.77. The van der Waals surface area contributed by atoms with E-state index in [0.717, 1.165) is 36.3 Å². The zero-order valence-electron chi connectivity index (χ0n) is 12.8. The number of nitrogen functional groups attached to an aromatic ring is 1. The Morgan fingerprint density at radius 1 is 1.22 bits per heavy atom. The molecule has 0 unspecified atom stereocenters. The maximum atomic E-state index is 12.5. The lowest BCUT2D eigenvalue weighted by Crippen LogP contribution is -2.36. The van der Waals surface area contributed by atoms with Crippen LogP contribution >= 0.6 is 11.6 Å². The molecule has 0 spiro atoms. The van der Waals surface area contributed by atoms with Crippen LogP contribution in [0.15, 0.2) is 42.5 Å². The Morgan fingerprint density at radius 2 is 2.04 bits per heavy atom. The minimum atomic E-state index is 0.0450. The van der Waals surface area contributed by atoms with Crippen LogP contribution in [0.3, 0.4) is 0 Å². The number of ether oxygens (including phenoxy) is 1. The second-order valence-electron chi connectivity index (χ2n) is 5.52. The van der Waals surface area contributed by atoms with E-state index in [4.69, 9.17) is 22.1 Å². The van der Waals surface area contributed by atoms with Crippen LogP contribution in [0.1, 0.15) is 18.4 Å². The minimum absolute atomic E-state index is 0.0450. The fraction of sp³-hybridized carbons (Fsp3) is 0.278. The first-order valence-corrected chi connectivity index (χ1v) is 8.09. The second-order valence-corrected chi connectivity index (χ2v) is 5.93. The van der Waals surface area contributed by atoms with E-state index in [-0.39, 0.29) is 5.91 Å². The van der Waals surface area contributed by atoms with E-state index < -0.39 is 0 Å². The molecule has 0 fully saturated rings. The summed E-state index contributed by atoms with van der Waals surface area (Å²) in [7, 11) is 0. The number of halogens is 1. The largest absolute Gasteiger partial charge is 0.491 e. The summed E-state index contributed by atoms with van der Waals surface area (Å²) in [5.74, 6) is 0.647. The molecule has 2 aromatic rings. The van der Waals surface area contributed by atoms with Crippen molar-refractivity contribution in [1.82, 2.24) is 0 Å². The van der Waals surface area contributed by atoms with E-state index in [0.29, 0.717) is 23.8 Å². The zero-order chi connectivity index (χ0) is 16.2. The molecule has 0 bridgehead atoms. The van der Waals surface area contributed by atoms with Crippen molar-refractivity contribution in [2.24, 2.45) is 0 Å². The zero-order valence-corrected chi connectivity index (χ0v) is 13.6. The minimum Gasteiger partial charge on any atom is -0.491 e. The molecule has 23 heavy (non-hydrogen) atoms. The highest BCUT2D eigenvalue weighted by Crippen LogP contribution is 2.31. The molecule has 0 aromatic heterocycles. The number of hydrogen-bond donors (Lipinski definition) is 1. The summed E-state index contributed by atoms with van der Waals surface area (Å²) < 4.78 is 5.61. The highest BCUT2D eigenvalue weighted by molar-refractivity contribution is 6.32. The van der Waals surface area contributed by atoms with Crippen molar-refractivity contribution in [3.63, 3.8) is 0 Å². The van der Waals surface area contributed by atoms with Crippen molar-refractivity contribution in [1.29, 1.82) is 0 Å². The Morgan fingerprint density at radius 3 is 2.87 bits per heavy atom. The van der Waals surface area contributed by atoms with Crippen LogP contribution in [0.5, 0.6) is 5.75 Å². The van der Waals surface area contributed by atoms with Crippen molar-refractivity contribution in [3.05, 3.63) is 53.1 Å². The Balaban J connectivity index is 1.64. The van der Waals surface area contributed by atoms with Crippen molar-refractivity contribution in [3.8, 4) is 5.75 Å². The van der Waals surface area contributed by atoms with E-state index in [1.807, 2.05) is 35.2 Å². The van der Waals surface area contributed by atoms with Crippen molar-refractivity contribution in [2.75, 3.05) is 23.8 Å². The number of rotatable bonds is 4. The Bertz CT molecular complexity index is 718. The molecule has 120 valence electrons. The van der Waals surface area contributed by atoms with Gasteiger partial charge >= 0.3 is 0 Å². The van der Waals surface area contributed by atoms with Gasteiger partial charge in [0, 0.05) is 17.9 Å². The number of hydrogen-bond acceptors (Lipinski definition) is 3. The summed E-state index contributed by atoms with van der Waals surface area (Å²) in [5, 5.41) is 0.552. The first-order valence-electron chi connectivity index (χ1n) is 7.72. The number of carbonyl (C=O) groups is 1. The third-order valence-electron chi connectivity index (χ3n) is 4.00. The number of fused-ring (bicyclic) bond motifs is 1. The summed E-state index contributed by atoms with van der Waals surface area (Å²) in [6, 6.07) is 13.0. The first-order chi connectivity index (χ1) is 11.2. The topological polar surface area (TPSA) is 55.6 Å². The van der Waals surface area contributed by atoms with Crippen LogP contribution < -0.4 is 15.4 Å². The van der Waals surface area contributed by atoms with Crippen molar-refractivity contribution in [2.45, 2.75) is 19.3 Å². The number of carbonyl (C=O) groups excluding carboxylic acids is 1. The number of amides is 1. The van der Waals surface area contributed by atoms with Crippen LogP contribution in [0, 0.1) is 0 Å². The Kier molecular flexibility index (Phi) is 4.72. The van der Waals surface area contributed by atoms with Gasteiger partial charge in [-0.1, -0.05) is 29.8 Å². The number of anilines is 2. The Labute approximate surface area is 140 Å². The van der Waals surface area contributed by atoms with Gasteiger partial charge in [0.2, 0.25) is 5.91 Å². The normalized spacial score (nSPS) is 13.5. The predicted octanol–water partition coefficient (Wildman–Crippen LogP) is 3.67. The monoisotopic (exact) mass is 330 g/mol. The van der Waals surface area contributed by atoms with Gasteiger partial charge in [-0.25, -0.2) is 0 Å². The van der Waals surface area contributed by atoms with Crippen LogP contribution in [-0.4, -0.2) is 19.1 Å². The first kappa shape index (κ1) is 15.7. The van der Waals surface area contributed by atoms with Gasteiger partial charge in [0.25, 0.3) is 0 Å². The maximum Gasteiger partial charge on any atom is 0.230 e. The molecule has 3 rings (SSSR count). The molecule has 2 N–H and O–H groups in total. The van der Waals surface area contributed by atoms with E-state index in [1.54, 1.807) is 12.1 Å². The van der Waals surface area contributed by atoms with E-state index in [9.17, 15) is 4.79 Å². The lowest BCUT2D eigenvalue weighted by Gasteiger charge is -2.30. The average Bonchev–Trinajstić information content (AvgIpc) is 2.56. The van der Waals surface area contributed by atoms with Gasteiger partial charge in [-0.3, -0.25) is 4.79 Å². The van der Waals surface area contributed by atoms with Gasteiger partial charge < -0.3 is 15.4 Å². The Hall–Kier alpha value is -2.20. The highest BCUT2D eigenvalue weighted by atomic mass is 35.5. The smallest absolute Gasteiger partial charge is 0.230 e. The summed E-state index contributed by atoms with van der Waals surface area (Å²) in [4.78, 5) is 14.3. The molecule has 0 aliphatic carbocycles. The van der Waals surface area contributed by atoms with Gasteiger partial charge in [0.15, 0.2) is 0 Å². The molecular formula is C18H19ClN2O2. The van der Waals surface area contributed by atoms with Crippen LogP contribution in [0.25, 0.3) is 0 Å². The van der Waals surface area contributed by atoms with Crippen molar-refractivity contribution >= 4 is 28.9 Å². The number of nitrogens with zero attached hydrogens (tertiary/aromatic N) is 1. The molecule has 0 atom stereocenters. The van der Waals surface area contributed by atoms with Gasteiger partial charge in [0.05, 0.1) is 18.1 Å². The molecular weight excluding hydrogens is 312 g/mol. The van der Waals surface area contributed by atoms with Crippen LogP contribution in [0.4, 0.5) is 11.4 Å². The third-order valence-corrected chi connectivity index (χ3v) is 4.31. The molecule has 0 radical (unpaired) electrons. The maximum absolute atomic E-state index is 12.5. The highest BCUT2D eigenvalue weighted by Gasteiger charge is 2.23. The quantitative estimate of drug-likeness (QED) is 0.870. The summed E-state index contributed by atoms with van der Waals surface area (Å²) in [6.07, 6.45) is 2.15. The molecule has 5 heteroatoms. The summed E-state index contributed by atoms with van der Waals surface area (Å²) in [6.45, 7) is 1.03. The van der Waals surface area contributed by atoms with E-state index in [2.05, 4.69) is 0 Å². The fourth-order valence-corrected chi connectivity index (χ4v) is 3.05. The number of nitrogens with two attached hydrogens (primary N) is 1. The average molecular weight is 331 g/mol. The third kappa shape index (κ3) is 3.42. The van der Waals surface area contributed by atoms with Crippen LogP contribution in [-0.2, 0) is 11.2 Å². The van der Waals surface area contributed by atoms with Gasteiger partial charge in [-0.2, -0.15) is 0 Å². The predicted molar refractivity (Wildman–Crippen MR) is 93.1 cm³/mol. The number of para-hydroxylation sites is 1. The molecule has 1 heterocycles. The fourth-order valence-electron chi connectivity index (χ4n) is 2.86. The molecule has 0 saturated heterocycles. The molecule has 1 amide bonds. The SMILES string of the molecule is Nc1cccc2c1CCCN2C(=O)CCOc1ccccc1Cl. The molecule has 1 aliphatic heterocycles. The van der Waals surface area contributed by atoms with E-state index >= 15 is 0 Å². The lowest BCUT2D eigenvalue weighted by molar-refractivity contribution is -0.119.